The highest BCUT2D eigenvalue weighted by Crippen LogP contribution is 2.26. The fourth-order valence-corrected chi connectivity index (χ4v) is 3.97. The number of hydrogen-bond donors (Lipinski definition) is 2. The molecular formula is C15H20ClN3O3S. The van der Waals surface area contributed by atoms with Gasteiger partial charge in [-0.2, -0.15) is 0 Å². The molecule has 1 aromatic heterocycles. The second-order valence-electron chi connectivity index (χ2n) is 5.35. The van der Waals surface area contributed by atoms with Gasteiger partial charge in [0.05, 0.1) is 11.1 Å². The molecule has 1 fully saturated rings. The van der Waals surface area contributed by atoms with Crippen molar-refractivity contribution in [3.63, 3.8) is 0 Å². The van der Waals surface area contributed by atoms with Crippen LogP contribution in [0.2, 0.25) is 0 Å². The Morgan fingerprint density at radius 1 is 1.30 bits per heavy atom. The Balaban J connectivity index is 0.00000192. The van der Waals surface area contributed by atoms with Gasteiger partial charge in [0.2, 0.25) is 10.0 Å². The SMILES string of the molecule is Cl.O=S(=O)(NCC[C@H]1CCCN1)c1ccccc1-c1ccno1. The summed E-state index contributed by atoms with van der Waals surface area (Å²) in [5.74, 6) is 0.443. The van der Waals surface area contributed by atoms with E-state index in [9.17, 15) is 8.42 Å². The maximum atomic E-state index is 12.5. The van der Waals surface area contributed by atoms with Crippen LogP contribution in [-0.2, 0) is 10.0 Å². The maximum Gasteiger partial charge on any atom is 0.241 e. The summed E-state index contributed by atoms with van der Waals surface area (Å²) in [6, 6.07) is 8.83. The van der Waals surface area contributed by atoms with Crippen molar-refractivity contribution in [3.05, 3.63) is 36.5 Å². The van der Waals surface area contributed by atoms with Gasteiger partial charge in [-0.25, -0.2) is 13.1 Å². The van der Waals surface area contributed by atoms with Crippen molar-refractivity contribution in [1.82, 2.24) is 15.2 Å². The van der Waals surface area contributed by atoms with Crippen LogP contribution in [0.4, 0.5) is 0 Å². The van der Waals surface area contributed by atoms with Crippen LogP contribution < -0.4 is 10.0 Å². The number of aromatic nitrogens is 1. The topological polar surface area (TPSA) is 84.2 Å². The van der Waals surface area contributed by atoms with Gasteiger partial charge in [0.1, 0.15) is 0 Å². The van der Waals surface area contributed by atoms with Crippen LogP contribution in [-0.4, -0.2) is 32.7 Å². The molecule has 8 heteroatoms. The third-order valence-corrected chi connectivity index (χ3v) is 5.35. The van der Waals surface area contributed by atoms with Gasteiger partial charge in [0.25, 0.3) is 0 Å². The average molecular weight is 358 g/mol. The lowest BCUT2D eigenvalue weighted by Crippen LogP contribution is -2.30. The molecule has 0 unspecified atom stereocenters. The van der Waals surface area contributed by atoms with Crippen molar-refractivity contribution >= 4 is 22.4 Å². The monoisotopic (exact) mass is 357 g/mol. The number of sulfonamides is 1. The van der Waals surface area contributed by atoms with E-state index in [1.807, 2.05) is 0 Å². The Labute approximate surface area is 142 Å². The van der Waals surface area contributed by atoms with E-state index >= 15 is 0 Å². The number of nitrogens with one attached hydrogen (secondary N) is 2. The first-order valence-corrected chi connectivity index (χ1v) is 8.88. The molecule has 126 valence electrons. The van der Waals surface area contributed by atoms with Crippen molar-refractivity contribution in [3.8, 4) is 11.3 Å². The van der Waals surface area contributed by atoms with Gasteiger partial charge in [-0.05, 0) is 37.9 Å². The van der Waals surface area contributed by atoms with E-state index < -0.39 is 10.0 Å². The van der Waals surface area contributed by atoms with E-state index in [0.29, 0.717) is 23.9 Å². The third-order valence-electron chi connectivity index (χ3n) is 3.83. The lowest BCUT2D eigenvalue weighted by Gasteiger charge is -2.12. The van der Waals surface area contributed by atoms with E-state index in [1.165, 1.54) is 6.20 Å². The lowest BCUT2D eigenvalue weighted by atomic mass is 10.2. The van der Waals surface area contributed by atoms with Crippen molar-refractivity contribution < 1.29 is 12.9 Å². The molecule has 2 N–H and O–H groups in total. The van der Waals surface area contributed by atoms with Gasteiger partial charge in [-0.3, -0.25) is 0 Å². The normalized spacial score (nSPS) is 17.8. The molecule has 1 saturated heterocycles. The van der Waals surface area contributed by atoms with Gasteiger partial charge in [-0.1, -0.05) is 17.3 Å². The molecule has 0 spiro atoms. The van der Waals surface area contributed by atoms with Crippen molar-refractivity contribution in [2.75, 3.05) is 13.1 Å². The van der Waals surface area contributed by atoms with E-state index in [4.69, 9.17) is 4.52 Å². The number of nitrogens with zero attached hydrogens (tertiary/aromatic N) is 1. The van der Waals surface area contributed by atoms with Gasteiger partial charge < -0.3 is 9.84 Å². The largest absolute Gasteiger partial charge is 0.356 e. The molecule has 2 aromatic rings. The first kappa shape index (κ1) is 17.9. The predicted octanol–water partition coefficient (Wildman–Crippen LogP) is 2.18. The zero-order valence-electron chi connectivity index (χ0n) is 12.6. The number of hydrogen-bond acceptors (Lipinski definition) is 5. The van der Waals surface area contributed by atoms with Gasteiger partial charge in [0.15, 0.2) is 5.76 Å². The fraction of sp³-hybridized carbons (Fsp3) is 0.400. The van der Waals surface area contributed by atoms with Crippen LogP contribution in [0, 0.1) is 0 Å². The van der Waals surface area contributed by atoms with Gasteiger partial charge in [-0.15, -0.1) is 12.4 Å². The Morgan fingerprint density at radius 3 is 2.83 bits per heavy atom. The maximum absolute atomic E-state index is 12.5. The molecule has 3 rings (SSSR count). The standard InChI is InChI=1S/C15H19N3O3S.ClH/c19-22(20,18-11-7-12-4-3-9-16-12)15-6-2-1-5-13(15)14-8-10-17-21-14;/h1-2,5-6,8,10,12,16,18H,3-4,7,9,11H2;1H/t12-;/m1./s1. The summed E-state index contributed by atoms with van der Waals surface area (Å²) in [5.41, 5.74) is 0.520. The molecule has 0 radical (unpaired) electrons. The molecule has 0 saturated carbocycles. The summed E-state index contributed by atoms with van der Waals surface area (Å²) in [6.07, 6.45) is 4.56. The minimum Gasteiger partial charge on any atom is -0.356 e. The zero-order valence-corrected chi connectivity index (χ0v) is 14.2. The summed E-state index contributed by atoms with van der Waals surface area (Å²) in [6.45, 7) is 1.44. The molecule has 0 amide bonds. The van der Waals surface area contributed by atoms with E-state index in [-0.39, 0.29) is 17.3 Å². The molecule has 0 bridgehead atoms. The van der Waals surface area contributed by atoms with E-state index in [1.54, 1.807) is 30.3 Å². The highest BCUT2D eigenvalue weighted by molar-refractivity contribution is 7.89. The van der Waals surface area contributed by atoms with Crippen molar-refractivity contribution in [2.45, 2.75) is 30.2 Å². The van der Waals surface area contributed by atoms with E-state index in [0.717, 1.165) is 25.8 Å². The Hall–Kier alpha value is -1.41. The van der Waals surface area contributed by atoms with Crippen LogP contribution in [0.1, 0.15) is 19.3 Å². The summed E-state index contributed by atoms with van der Waals surface area (Å²) < 4.78 is 32.8. The molecule has 1 aromatic carbocycles. The second kappa shape index (κ2) is 7.92. The Bertz CT molecular complexity index is 713. The number of halogens is 1. The smallest absolute Gasteiger partial charge is 0.241 e. The summed E-state index contributed by atoms with van der Waals surface area (Å²) in [7, 11) is -3.57. The fourth-order valence-electron chi connectivity index (χ4n) is 2.71. The van der Waals surface area contributed by atoms with Crippen LogP contribution in [0.25, 0.3) is 11.3 Å². The number of benzene rings is 1. The quantitative estimate of drug-likeness (QED) is 0.827. The Morgan fingerprint density at radius 2 is 2.13 bits per heavy atom. The molecule has 0 aliphatic carbocycles. The lowest BCUT2D eigenvalue weighted by molar-refractivity contribution is 0.431. The van der Waals surface area contributed by atoms with E-state index in [2.05, 4.69) is 15.2 Å². The molecular weight excluding hydrogens is 338 g/mol. The van der Waals surface area contributed by atoms with Crippen LogP contribution in [0.3, 0.4) is 0 Å². The van der Waals surface area contributed by atoms with Crippen molar-refractivity contribution in [1.29, 1.82) is 0 Å². The summed E-state index contributed by atoms with van der Waals surface area (Å²) in [4.78, 5) is 0.214. The summed E-state index contributed by atoms with van der Waals surface area (Å²) in [5, 5.41) is 7.00. The molecule has 1 aliphatic rings. The first-order valence-electron chi connectivity index (χ1n) is 7.40. The molecule has 1 aliphatic heterocycles. The van der Waals surface area contributed by atoms with Crippen LogP contribution in [0.5, 0.6) is 0 Å². The molecule has 1 atom stereocenters. The Kier molecular flexibility index (Phi) is 6.17. The first-order chi connectivity index (χ1) is 10.7. The molecule has 2 heterocycles. The second-order valence-corrected chi connectivity index (χ2v) is 7.09. The highest BCUT2D eigenvalue weighted by Gasteiger charge is 2.21. The predicted molar refractivity (Wildman–Crippen MR) is 90.0 cm³/mol. The third kappa shape index (κ3) is 4.32. The van der Waals surface area contributed by atoms with Gasteiger partial charge >= 0.3 is 0 Å². The minimum absolute atomic E-state index is 0. The number of rotatable bonds is 6. The zero-order chi connectivity index (χ0) is 15.4. The highest BCUT2D eigenvalue weighted by atomic mass is 35.5. The van der Waals surface area contributed by atoms with Crippen LogP contribution in [0.15, 0.2) is 45.9 Å². The average Bonchev–Trinajstić information content (AvgIpc) is 3.20. The molecule has 23 heavy (non-hydrogen) atoms. The summed E-state index contributed by atoms with van der Waals surface area (Å²) >= 11 is 0. The van der Waals surface area contributed by atoms with Crippen molar-refractivity contribution in [2.24, 2.45) is 0 Å². The molecule has 6 nitrogen and oxygen atoms in total. The van der Waals surface area contributed by atoms with Gasteiger partial charge in [0, 0.05) is 24.2 Å². The van der Waals surface area contributed by atoms with Crippen LogP contribution >= 0.6 is 12.4 Å². The minimum atomic E-state index is -3.57.